The highest BCUT2D eigenvalue weighted by atomic mass is 32.2. The van der Waals surface area contributed by atoms with Crippen LogP contribution in [0.5, 0.6) is 0 Å². The van der Waals surface area contributed by atoms with E-state index in [0.29, 0.717) is 5.82 Å². The molecule has 0 saturated heterocycles. The molecule has 0 aliphatic heterocycles. The molecular weight excluding hydrogens is 218 g/mol. The molecule has 0 amide bonds. The zero-order chi connectivity index (χ0) is 11.5. The maximum Gasteiger partial charge on any atom is 0.216 e. The maximum absolute atomic E-state index is 11.5. The highest BCUT2D eigenvalue weighted by molar-refractivity contribution is 7.89. The van der Waals surface area contributed by atoms with Gasteiger partial charge in [-0.2, -0.15) is 4.31 Å². The van der Waals surface area contributed by atoms with E-state index in [2.05, 4.69) is 4.98 Å². The Kier molecular flexibility index (Phi) is 3.83. The summed E-state index contributed by atoms with van der Waals surface area (Å²) in [5, 5.41) is 8.60. The maximum atomic E-state index is 11.5. The van der Waals surface area contributed by atoms with E-state index in [0.717, 1.165) is 0 Å². The third-order valence-electron chi connectivity index (χ3n) is 2.11. The van der Waals surface area contributed by atoms with Gasteiger partial charge in [0.05, 0.1) is 18.9 Å². The van der Waals surface area contributed by atoms with Crippen molar-refractivity contribution in [2.45, 2.75) is 6.54 Å². The van der Waals surface area contributed by atoms with Crippen molar-refractivity contribution in [3.63, 3.8) is 0 Å². The second kappa shape index (κ2) is 4.73. The van der Waals surface area contributed by atoms with Crippen LogP contribution in [0.15, 0.2) is 12.4 Å². The van der Waals surface area contributed by atoms with Gasteiger partial charge in [0.2, 0.25) is 10.0 Å². The highest BCUT2D eigenvalue weighted by Gasteiger charge is 2.18. The molecule has 6 nitrogen and oxygen atoms in total. The summed E-state index contributed by atoms with van der Waals surface area (Å²) in [5.74, 6) is 0.410. The van der Waals surface area contributed by atoms with Gasteiger partial charge < -0.3 is 9.67 Å². The standard InChI is InChI=1S/C8H15N3O3S/c1-10-4-3-9-8(10)7-11(2)15(13,14)6-5-12/h3-4,12H,5-7H2,1-2H3. The summed E-state index contributed by atoms with van der Waals surface area (Å²) in [4.78, 5) is 4.02. The van der Waals surface area contributed by atoms with Crippen LogP contribution in [-0.4, -0.2) is 46.8 Å². The van der Waals surface area contributed by atoms with Crippen molar-refractivity contribution in [1.29, 1.82) is 0 Å². The molecule has 1 N–H and O–H groups in total. The van der Waals surface area contributed by atoms with E-state index >= 15 is 0 Å². The molecule has 1 aromatic rings. The zero-order valence-electron chi connectivity index (χ0n) is 8.79. The smallest absolute Gasteiger partial charge is 0.216 e. The second-order valence-corrected chi connectivity index (χ2v) is 5.45. The Hall–Kier alpha value is -0.920. The first-order chi connectivity index (χ1) is 6.97. The third kappa shape index (κ3) is 3.01. The molecular formula is C8H15N3O3S. The van der Waals surface area contributed by atoms with Gasteiger partial charge in [0, 0.05) is 26.5 Å². The average molecular weight is 233 g/mol. The minimum atomic E-state index is -3.37. The molecule has 1 rings (SSSR count). The minimum Gasteiger partial charge on any atom is -0.395 e. The Balaban J connectivity index is 2.72. The van der Waals surface area contributed by atoms with Crippen molar-refractivity contribution in [2.24, 2.45) is 7.05 Å². The van der Waals surface area contributed by atoms with Crippen molar-refractivity contribution in [3.8, 4) is 0 Å². The van der Waals surface area contributed by atoms with Crippen molar-refractivity contribution in [2.75, 3.05) is 19.4 Å². The molecule has 0 aliphatic rings. The molecule has 0 aliphatic carbocycles. The molecule has 0 unspecified atom stereocenters. The Labute approximate surface area is 89.2 Å². The lowest BCUT2D eigenvalue weighted by atomic mass is 10.6. The number of rotatable bonds is 5. The number of aliphatic hydroxyl groups is 1. The molecule has 0 bridgehead atoms. The third-order valence-corrected chi connectivity index (χ3v) is 3.89. The van der Waals surface area contributed by atoms with Gasteiger partial charge in [0.25, 0.3) is 0 Å². The van der Waals surface area contributed by atoms with Gasteiger partial charge in [0.15, 0.2) is 0 Å². The van der Waals surface area contributed by atoms with Gasteiger partial charge in [-0.1, -0.05) is 0 Å². The molecule has 7 heteroatoms. The fraction of sp³-hybridized carbons (Fsp3) is 0.625. The second-order valence-electron chi connectivity index (χ2n) is 3.25. The summed E-state index contributed by atoms with van der Waals surface area (Å²) < 4.78 is 25.9. The lowest BCUT2D eigenvalue weighted by Crippen LogP contribution is -2.30. The van der Waals surface area contributed by atoms with E-state index in [4.69, 9.17) is 5.11 Å². The molecule has 0 aromatic carbocycles. The number of aromatic nitrogens is 2. The lowest BCUT2D eigenvalue weighted by Gasteiger charge is -2.15. The Morgan fingerprint density at radius 2 is 2.27 bits per heavy atom. The van der Waals surface area contributed by atoms with Gasteiger partial charge in [-0.25, -0.2) is 13.4 Å². The summed E-state index contributed by atoms with van der Waals surface area (Å²) in [6, 6.07) is 0. The van der Waals surface area contributed by atoms with E-state index in [1.807, 2.05) is 0 Å². The summed E-state index contributed by atoms with van der Waals surface area (Å²) in [6.45, 7) is -0.154. The van der Waals surface area contributed by atoms with E-state index in [1.54, 1.807) is 24.0 Å². The number of sulfonamides is 1. The Bertz CT molecular complexity index is 413. The molecule has 0 fully saturated rings. The van der Waals surface area contributed by atoms with Gasteiger partial charge in [-0.15, -0.1) is 0 Å². The van der Waals surface area contributed by atoms with Gasteiger partial charge in [0.1, 0.15) is 5.82 Å². The monoisotopic (exact) mass is 233 g/mol. The first-order valence-electron chi connectivity index (χ1n) is 4.48. The minimum absolute atomic E-state index is 0.214. The van der Waals surface area contributed by atoms with Crippen molar-refractivity contribution in [1.82, 2.24) is 13.9 Å². The largest absolute Gasteiger partial charge is 0.395 e. The predicted octanol–water partition coefficient (Wildman–Crippen LogP) is -0.826. The summed E-state index contributed by atoms with van der Waals surface area (Å²) in [5.41, 5.74) is 0. The van der Waals surface area contributed by atoms with Gasteiger partial charge in [-0.05, 0) is 0 Å². The van der Waals surface area contributed by atoms with Crippen LogP contribution in [0, 0.1) is 0 Å². The topological polar surface area (TPSA) is 75.4 Å². The van der Waals surface area contributed by atoms with Crippen molar-refractivity contribution < 1.29 is 13.5 Å². The fourth-order valence-electron chi connectivity index (χ4n) is 1.12. The van der Waals surface area contributed by atoms with E-state index in [9.17, 15) is 8.42 Å². The van der Waals surface area contributed by atoms with Crippen LogP contribution in [-0.2, 0) is 23.6 Å². The SMILES string of the molecule is CN(Cc1nccn1C)S(=O)(=O)CCO. The quantitative estimate of drug-likeness (QED) is 0.720. The predicted molar refractivity (Wildman–Crippen MR) is 55.5 cm³/mol. The van der Waals surface area contributed by atoms with Crippen LogP contribution in [0.2, 0.25) is 0 Å². The Morgan fingerprint density at radius 1 is 1.60 bits per heavy atom. The number of imidazole rings is 1. The van der Waals surface area contributed by atoms with E-state index in [1.165, 1.54) is 11.4 Å². The highest BCUT2D eigenvalue weighted by Crippen LogP contribution is 2.04. The average Bonchev–Trinajstić information content (AvgIpc) is 2.52. The number of aryl methyl sites for hydroxylation is 1. The van der Waals surface area contributed by atoms with Crippen LogP contribution < -0.4 is 0 Å². The number of aliphatic hydroxyl groups excluding tert-OH is 1. The normalized spacial score (nSPS) is 12.3. The molecule has 86 valence electrons. The van der Waals surface area contributed by atoms with Crippen LogP contribution in [0.3, 0.4) is 0 Å². The number of hydrogen-bond donors (Lipinski definition) is 1. The number of nitrogens with zero attached hydrogens (tertiary/aromatic N) is 3. The molecule has 15 heavy (non-hydrogen) atoms. The van der Waals surface area contributed by atoms with Gasteiger partial charge in [-0.3, -0.25) is 0 Å². The lowest BCUT2D eigenvalue weighted by molar-refractivity contribution is 0.315. The van der Waals surface area contributed by atoms with Crippen LogP contribution in [0.25, 0.3) is 0 Å². The number of hydrogen-bond acceptors (Lipinski definition) is 4. The molecule has 0 atom stereocenters. The van der Waals surface area contributed by atoms with Crippen molar-refractivity contribution >= 4 is 10.0 Å². The first kappa shape index (κ1) is 12.2. The molecule has 0 radical (unpaired) electrons. The first-order valence-corrected chi connectivity index (χ1v) is 6.09. The molecule has 1 aromatic heterocycles. The molecule has 1 heterocycles. The van der Waals surface area contributed by atoms with Crippen molar-refractivity contribution in [3.05, 3.63) is 18.2 Å². The zero-order valence-corrected chi connectivity index (χ0v) is 9.61. The van der Waals surface area contributed by atoms with E-state index < -0.39 is 10.0 Å². The van der Waals surface area contributed by atoms with Gasteiger partial charge >= 0.3 is 0 Å². The summed E-state index contributed by atoms with van der Waals surface area (Å²) >= 11 is 0. The van der Waals surface area contributed by atoms with Crippen LogP contribution in [0.4, 0.5) is 0 Å². The Morgan fingerprint density at radius 3 is 2.73 bits per heavy atom. The van der Waals surface area contributed by atoms with Crippen LogP contribution in [0.1, 0.15) is 5.82 Å². The van der Waals surface area contributed by atoms with Crippen LogP contribution >= 0.6 is 0 Å². The fourth-order valence-corrected chi connectivity index (χ4v) is 1.97. The van der Waals surface area contributed by atoms with E-state index in [-0.39, 0.29) is 18.9 Å². The summed E-state index contributed by atoms with van der Waals surface area (Å²) in [7, 11) is -0.101. The molecule has 0 spiro atoms. The summed E-state index contributed by atoms with van der Waals surface area (Å²) in [6.07, 6.45) is 3.36. The molecule has 0 saturated carbocycles.